The second-order valence-electron chi connectivity index (χ2n) is 11.7. The van der Waals surface area contributed by atoms with Gasteiger partial charge in [-0.25, -0.2) is 4.79 Å². The van der Waals surface area contributed by atoms with E-state index in [1.165, 1.54) is 22.3 Å². The first-order valence-corrected chi connectivity index (χ1v) is 13.9. The van der Waals surface area contributed by atoms with Crippen LogP contribution in [0.1, 0.15) is 51.4 Å². The van der Waals surface area contributed by atoms with E-state index in [0.717, 1.165) is 51.4 Å². The predicted molar refractivity (Wildman–Crippen MR) is 128 cm³/mol. The van der Waals surface area contributed by atoms with Gasteiger partial charge in [-0.15, -0.1) is 0 Å². The topological polar surface area (TPSA) is 85.7 Å². The normalized spacial score (nSPS) is 42.4. The molecule has 0 bridgehead atoms. The molecule has 8 aliphatic rings. The van der Waals surface area contributed by atoms with Crippen molar-refractivity contribution in [1.82, 2.24) is 0 Å². The molecule has 8 atom stereocenters. The van der Waals surface area contributed by atoms with Crippen molar-refractivity contribution in [1.29, 1.82) is 0 Å². The third kappa shape index (κ3) is 4.38. The number of carbonyl (C=O) groups excluding carboxylic acids is 1. The van der Waals surface area contributed by atoms with E-state index in [0.29, 0.717) is 37.6 Å². The van der Waals surface area contributed by atoms with Gasteiger partial charge in [-0.1, -0.05) is 46.6 Å². The summed E-state index contributed by atoms with van der Waals surface area (Å²) in [5, 5.41) is 0. The van der Waals surface area contributed by atoms with Crippen LogP contribution in [0.5, 0.6) is 0 Å². The molecule has 0 aromatic carbocycles. The number of hydrogen-bond donors (Lipinski definition) is 0. The van der Waals surface area contributed by atoms with E-state index in [9.17, 15) is 4.79 Å². The highest BCUT2D eigenvalue weighted by Crippen LogP contribution is 2.45. The van der Waals surface area contributed by atoms with Crippen LogP contribution in [-0.2, 0) is 28.4 Å². The molecule has 4 saturated heterocycles. The van der Waals surface area contributed by atoms with E-state index in [-0.39, 0.29) is 36.3 Å². The molecule has 0 aromatic rings. The highest BCUT2D eigenvalue weighted by atomic mass is 16.7. The molecule has 4 heterocycles. The standard InChI is InChI=1S/C29H34O7/c30-29(31-13-19(15-1-5-21-25(9-15)33-21)16-2-6-22-26(10-16)34-22)32-14-20(17-3-7-23-27(11-17)35-23)18-4-8-24-28(12-18)36-24/h9-12,19-28H,1-8,13-14H2. The Bertz CT molecular complexity index is 917. The van der Waals surface area contributed by atoms with Gasteiger partial charge in [-0.2, -0.15) is 0 Å². The summed E-state index contributed by atoms with van der Waals surface area (Å²) < 4.78 is 34.4. The fourth-order valence-corrected chi connectivity index (χ4v) is 6.96. The fraction of sp³-hybridized carbons (Fsp3) is 0.690. The average Bonchev–Trinajstić information content (AvgIpc) is 3.70. The van der Waals surface area contributed by atoms with Gasteiger partial charge in [-0.05, 0) is 51.4 Å². The second kappa shape index (κ2) is 8.55. The van der Waals surface area contributed by atoms with Crippen molar-refractivity contribution in [3.05, 3.63) is 46.6 Å². The summed E-state index contributed by atoms with van der Waals surface area (Å²) in [7, 11) is 0. The van der Waals surface area contributed by atoms with Gasteiger partial charge in [0.1, 0.15) is 37.6 Å². The summed E-state index contributed by atoms with van der Waals surface area (Å²) >= 11 is 0. The maximum atomic E-state index is 12.9. The molecule has 8 rings (SSSR count). The van der Waals surface area contributed by atoms with Crippen LogP contribution < -0.4 is 0 Å². The Kier molecular flexibility index (Phi) is 5.25. The van der Waals surface area contributed by atoms with Crippen molar-refractivity contribution < 1.29 is 33.2 Å². The zero-order valence-corrected chi connectivity index (χ0v) is 20.5. The first kappa shape index (κ1) is 22.1. The van der Waals surface area contributed by atoms with E-state index in [1.54, 1.807) is 0 Å². The lowest BCUT2D eigenvalue weighted by Gasteiger charge is -2.27. The quantitative estimate of drug-likeness (QED) is 0.282. The second-order valence-corrected chi connectivity index (χ2v) is 11.7. The highest BCUT2D eigenvalue weighted by Gasteiger charge is 2.46. The lowest BCUT2D eigenvalue weighted by atomic mass is 9.81. The Labute approximate surface area is 211 Å². The van der Waals surface area contributed by atoms with Gasteiger partial charge in [0, 0.05) is 11.8 Å². The lowest BCUT2D eigenvalue weighted by molar-refractivity contribution is 0.0444. The van der Waals surface area contributed by atoms with Crippen LogP contribution in [0.4, 0.5) is 4.79 Å². The van der Waals surface area contributed by atoms with Crippen molar-refractivity contribution in [3.8, 4) is 0 Å². The Morgan fingerprint density at radius 2 is 0.917 bits per heavy atom. The summed E-state index contributed by atoms with van der Waals surface area (Å²) in [6.45, 7) is 0.632. The molecule has 0 aromatic heterocycles. The minimum absolute atomic E-state index is 0.0960. The third-order valence-corrected chi connectivity index (χ3v) is 9.40. The Balaban J connectivity index is 0.938. The maximum Gasteiger partial charge on any atom is 0.508 e. The lowest BCUT2D eigenvalue weighted by Crippen LogP contribution is -2.25. The molecular weight excluding hydrogens is 460 g/mol. The van der Waals surface area contributed by atoms with Gasteiger partial charge >= 0.3 is 6.16 Å². The van der Waals surface area contributed by atoms with E-state index in [4.69, 9.17) is 28.4 Å². The monoisotopic (exact) mass is 494 g/mol. The molecule has 0 saturated carbocycles. The van der Waals surface area contributed by atoms with Crippen molar-refractivity contribution in [2.75, 3.05) is 13.2 Å². The summed E-state index contributed by atoms with van der Waals surface area (Å²) in [5.41, 5.74) is 5.34. The zero-order valence-electron chi connectivity index (χ0n) is 20.5. The Morgan fingerprint density at radius 3 is 1.19 bits per heavy atom. The van der Waals surface area contributed by atoms with E-state index in [2.05, 4.69) is 24.3 Å². The van der Waals surface area contributed by atoms with Gasteiger partial charge in [0.05, 0.1) is 24.4 Å². The fourth-order valence-electron chi connectivity index (χ4n) is 6.96. The van der Waals surface area contributed by atoms with Gasteiger partial charge in [0.25, 0.3) is 0 Å². The van der Waals surface area contributed by atoms with Crippen LogP contribution in [-0.4, -0.2) is 68.2 Å². The molecule has 0 spiro atoms. The highest BCUT2D eigenvalue weighted by molar-refractivity contribution is 5.60. The van der Waals surface area contributed by atoms with Crippen molar-refractivity contribution in [2.24, 2.45) is 11.8 Å². The number of carbonyl (C=O) groups is 1. The third-order valence-electron chi connectivity index (χ3n) is 9.40. The first-order valence-electron chi connectivity index (χ1n) is 13.9. The molecule has 7 nitrogen and oxygen atoms in total. The molecule has 0 N–H and O–H groups in total. The number of ether oxygens (including phenoxy) is 6. The molecule has 0 amide bonds. The molecule has 0 radical (unpaired) electrons. The molecule has 4 aliphatic heterocycles. The van der Waals surface area contributed by atoms with E-state index < -0.39 is 6.16 Å². The van der Waals surface area contributed by atoms with Crippen LogP contribution in [0.15, 0.2) is 46.6 Å². The minimum atomic E-state index is -0.576. The smallest absolute Gasteiger partial charge is 0.433 e. The molecular formula is C29H34O7. The summed E-state index contributed by atoms with van der Waals surface area (Å²) in [6, 6.07) is 0. The van der Waals surface area contributed by atoms with Crippen molar-refractivity contribution in [3.63, 3.8) is 0 Å². The van der Waals surface area contributed by atoms with Gasteiger partial charge in [0.15, 0.2) is 0 Å². The molecule has 8 unspecified atom stereocenters. The molecule has 192 valence electrons. The van der Waals surface area contributed by atoms with Crippen LogP contribution >= 0.6 is 0 Å². The summed E-state index contributed by atoms with van der Waals surface area (Å²) in [6.07, 6.45) is 19.2. The largest absolute Gasteiger partial charge is 0.508 e. The molecule has 4 fully saturated rings. The zero-order chi connectivity index (χ0) is 23.8. The van der Waals surface area contributed by atoms with E-state index >= 15 is 0 Å². The molecule has 36 heavy (non-hydrogen) atoms. The Morgan fingerprint density at radius 1 is 0.611 bits per heavy atom. The SMILES string of the molecule is O=C(OCC(C1=CC2OC2CC1)C1=CC2OC2CC1)OCC(C1=CC2OC2CC1)C1=CC2OC2CC1. The van der Waals surface area contributed by atoms with Crippen molar-refractivity contribution >= 4 is 6.16 Å². The number of fused-ring (bicyclic) bond motifs is 4. The molecule has 4 aliphatic carbocycles. The average molecular weight is 495 g/mol. The van der Waals surface area contributed by atoms with E-state index in [1.807, 2.05) is 0 Å². The minimum Gasteiger partial charge on any atom is -0.433 e. The van der Waals surface area contributed by atoms with Crippen LogP contribution in [0, 0.1) is 11.8 Å². The van der Waals surface area contributed by atoms with Crippen molar-refractivity contribution in [2.45, 2.75) is 100 Å². The van der Waals surface area contributed by atoms with Gasteiger partial charge in [-0.3, -0.25) is 0 Å². The van der Waals surface area contributed by atoms with Crippen LogP contribution in [0.3, 0.4) is 0 Å². The van der Waals surface area contributed by atoms with Gasteiger partial charge < -0.3 is 28.4 Å². The summed E-state index contributed by atoms with van der Waals surface area (Å²) in [5.74, 6) is 0.192. The molecule has 7 heteroatoms. The first-order chi connectivity index (χ1) is 17.7. The number of hydrogen-bond acceptors (Lipinski definition) is 7. The number of rotatable bonds is 8. The number of epoxide rings is 4. The maximum absolute atomic E-state index is 12.9. The van der Waals surface area contributed by atoms with Crippen LogP contribution in [0.2, 0.25) is 0 Å². The van der Waals surface area contributed by atoms with Crippen LogP contribution in [0.25, 0.3) is 0 Å². The Hall–Kier alpha value is -1.93. The predicted octanol–water partition coefficient (Wildman–Crippen LogP) is 4.32. The van der Waals surface area contributed by atoms with Gasteiger partial charge in [0.2, 0.25) is 0 Å². The summed E-state index contributed by atoms with van der Waals surface area (Å²) in [4.78, 5) is 12.9.